The highest BCUT2D eigenvalue weighted by Gasteiger charge is 2.09. The molecule has 6 nitrogen and oxygen atoms in total. The van der Waals surface area contributed by atoms with Gasteiger partial charge in [-0.25, -0.2) is 9.98 Å². The van der Waals surface area contributed by atoms with Crippen LogP contribution in [0.2, 0.25) is 0 Å². The van der Waals surface area contributed by atoms with Crippen LogP contribution in [0.15, 0.2) is 11.2 Å². The molecule has 2 N–H and O–H groups in total. The van der Waals surface area contributed by atoms with E-state index in [1.165, 1.54) is 4.88 Å². The Kier molecular flexibility index (Phi) is 6.91. The maximum atomic E-state index is 5.35. The van der Waals surface area contributed by atoms with Crippen LogP contribution in [0.3, 0.4) is 0 Å². The number of hydrogen-bond acceptors (Lipinski definition) is 5. The molecular weight excluding hydrogens is 286 g/mol. The number of nitrogens with one attached hydrogen (secondary N) is 2. The number of aromatic nitrogens is 1. The molecule has 2 heterocycles. The lowest BCUT2D eigenvalue weighted by atomic mass is 10.4. The predicted octanol–water partition coefficient (Wildman–Crippen LogP) is 0.839. The Labute approximate surface area is 130 Å². The van der Waals surface area contributed by atoms with E-state index in [2.05, 4.69) is 32.4 Å². The monoisotopic (exact) mass is 311 g/mol. The number of guanidine groups is 1. The average Bonchev–Trinajstić information content (AvgIpc) is 2.91. The molecule has 0 saturated carbocycles. The van der Waals surface area contributed by atoms with Crippen LogP contribution in [0.5, 0.6) is 0 Å². The van der Waals surface area contributed by atoms with Crippen molar-refractivity contribution in [2.24, 2.45) is 4.99 Å². The Morgan fingerprint density at radius 3 is 2.90 bits per heavy atom. The van der Waals surface area contributed by atoms with Crippen LogP contribution >= 0.6 is 11.3 Å². The van der Waals surface area contributed by atoms with E-state index < -0.39 is 0 Å². The van der Waals surface area contributed by atoms with Crippen LogP contribution in [0.1, 0.15) is 16.8 Å². The van der Waals surface area contributed by atoms with Gasteiger partial charge in [-0.15, -0.1) is 11.3 Å². The van der Waals surface area contributed by atoms with Crippen molar-refractivity contribution in [2.75, 3.05) is 45.9 Å². The molecular formula is C14H25N5OS. The number of aryl methyl sites for hydroxylation is 1. The second-order valence-electron chi connectivity index (χ2n) is 4.92. The molecule has 1 aliphatic rings. The van der Waals surface area contributed by atoms with Crippen LogP contribution in [-0.2, 0) is 11.3 Å². The van der Waals surface area contributed by atoms with Crippen molar-refractivity contribution in [1.82, 2.24) is 20.5 Å². The largest absolute Gasteiger partial charge is 0.379 e. The van der Waals surface area contributed by atoms with Gasteiger partial charge in [0.05, 0.1) is 24.8 Å². The average molecular weight is 311 g/mol. The topological polar surface area (TPSA) is 61.8 Å². The minimum atomic E-state index is 0.679. The van der Waals surface area contributed by atoms with Gasteiger partial charge in [-0.05, 0) is 13.8 Å². The quantitative estimate of drug-likeness (QED) is 0.602. The molecule has 118 valence electrons. The zero-order valence-electron chi connectivity index (χ0n) is 12.9. The highest BCUT2D eigenvalue weighted by molar-refractivity contribution is 7.11. The molecule has 1 aromatic heterocycles. The van der Waals surface area contributed by atoms with Crippen LogP contribution in [0.25, 0.3) is 0 Å². The first kappa shape index (κ1) is 16.2. The molecule has 0 aliphatic carbocycles. The van der Waals surface area contributed by atoms with E-state index in [0.717, 1.165) is 56.9 Å². The number of hydrogen-bond donors (Lipinski definition) is 2. The van der Waals surface area contributed by atoms with Gasteiger partial charge in [0.1, 0.15) is 0 Å². The van der Waals surface area contributed by atoms with Crippen LogP contribution < -0.4 is 10.6 Å². The van der Waals surface area contributed by atoms with E-state index >= 15 is 0 Å². The van der Waals surface area contributed by atoms with Crippen molar-refractivity contribution in [1.29, 1.82) is 0 Å². The van der Waals surface area contributed by atoms with E-state index in [9.17, 15) is 0 Å². The fraction of sp³-hybridized carbons (Fsp3) is 0.714. The third-order valence-electron chi connectivity index (χ3n) is 3.23. The minimum absolute atomic E-state index is 0.679. The maximum absolute atomic E-state index is 5.35. The Bertz CT molecular complexity index is 442. The number of nitrogens with zero attached hydrogens (tertiary/aromatic N) is 3. The molecule has 0 spiro atoms. The lowest BCUT2D eigenvalue weighted by Crippen LogP contribution is -2.44. The number of thiazole rings is 1. The summed E-state index contributed by atoms with van der Waals surface area (Å²) in [7, 11) is 0. The summed E-state index contributed by atoms with van der Waals surface area (Å²) in [6.07, 6.45) is 1.90. The lowest BCUT2D eigenvalue weighted by Gasteiger charge is -2.26. The summed E-state index contributed by atoms with van der Waals surface area (Å²) in [6.45, 7) is 11.3. The second kappa shape index (κ2) is 8.96. The zero-order valence-corrected chi connectivity index (χ0v) is 13.7. The van der Waals surface area contributed by atoms with Crippen molar-refractivity contribution < 1.29 is 4.74 Å². The molecule has 0 radical (unpaired) electrons. The molecule has 0 atom stereocenters. The van der Waals surface area contributed by atoms with Crippen molar-refractivity contribution in [3.05, 3.63) is 16.1 Å². The van der Waals surface area contributed by atoms with Gasteiger partial charge in [-0.3, -0.25) is 4.90 Å². The fourth-order valence-corrected chi connectivity index (χ4v) is 2.85. The maximum Gasteiger partial charge on any atom is 0.191 e. The van der Waals surface area contributed by atoms with Crippen molar-refractivity contribution in [3.8, 4) is 0 Å². The molecule has 1 aromatic rings. The van der Waals surface area contributed by atoms with Crippen LogP contribution in [0, 0.1) is 6.92 Å². The molecule has 7 heteroatoms. The molecule has 0 unspecified atom stereocenters. The standard InChI is InChI=1S/C14H25N5OS/c1-3-15-14(18-11-13-10-17-12(2)21-13)16-4-5-19-6-8-20-9-7-19/h10H,3-9,11H2,1-2H3,(H2,15,16,18). The molecule has 1 saturated heterocycles. The first-order chi connectivity index (χ1) is 10.3. The van der Waals surface area contributed by atoms with Gasteiger partial charge in [0.15, 0.2) is 5.96 Å². The van der Waals surface area contributed by atoms with Gasteiger partial charge in [-0.1, -0.05) is 0 Å². The number of aliphatic imine (C=N–C) groups is 1. The summed E-state index contributed by atoms with van der Waals surface area (Å²) in [6, 6.07) is 0. The van der Waals surface area contributed by atoms with E-state index in [0.29, 0.717) is 6.54 Å². The molecule has 0 bridgehead atoms. The third-order valence-corrected chi connectivity index (χ3v) is 4.13. The van der Waals surface area contributed by atoms with E-state index in [4.69, 9.17) is 4.74 Å². The second-order valence-corrected chi connectivity index (χ2v) is 6.24. The summed E-state index contributed by atoms with van der Waals surface area (Å²) in [5.74, 6) is 0.872. The summed E-state index contributed by atoms with van der Waals surface area (Å²) in [5, 5.41) is 7.75. The predicted molar refractivity (Wildman–Crippen MR) is 86.9 cm³/mol. The first-order valence-electron chi connectivity index (χ1n) is 7.51. The van der Waals surface area contributed by atoms with Gasteiger partial charge in [0.2, 0.25) is 0 Å². The number of morpholine rings is 1. The van der Waals surface area contributed by atoms with E-state index in [-0.39, 0.29) is 0 Å². The van der Waals surface area contributed by atoms with Crippen molar-refractivity contribution >= 4 is 17.3 Å². The Balaban J connectivity index is 1.74. The molecule has 0 aromatic carbocycles. The highest BCUT2D eigenvalue weighted by atomic mass is 32.1. The Hall–Kier alpha value is -1.18. The van der Waals surface area contributed by atoms with Gasteiger partial charge >= 0.3 is 0 Å². The smallest absolute Gasteiger partial charge is 0.191 e. The Morgan fingerprint density at radius 1 is 1.43 bits per heavy atom. The molecule has 21 heavy (non-hydrogen) atoms. The first-order valence-corrected chi connectivity index (χ1v) is 8.33. The third kappa shape index (κ3) is 5.99. The minimum Gasteiger partial charge on any atom is -0.379 e. The Morgan fingerprint density at radius 2 is 2.24 bits per heavy atom. The molecule has 2 rings (SSSR count). The van der Waals surface area contributed by atoms with E-state index in [1.54, 1.807) is 11.3 Å². The zero-order chi connectivity index (χ0) is 14.9. The molecule has 1 fully saturated rings. The van der Waals surface area contributed by atoms with Gasteiger partial charge < -0.3 is 15.4 Å². The van der Waals surface area contributed by atoms with Crippen LogP contribution in [-0.4, -0.2) is 61.8 Å². The summed E-state index contributed by atoms with van der Waals surface area (Å²) in [4.78, 5) is 12.5. The lowest BCUT2D eigenvalue weighted by molar-refractivity contribution is 0.0389. The van der Waals surface area contributed by atoms with Gasteiger partial charge in [0.25, 0.3) is 0 Å². The summed E-state index contributed by atoms with van der Waals surface area (Å²) < 4.78 is 5.35. The summed E-state index contributed by atoms with van der Waals surface area (Å²) in [5.41, 5.74) is 0. The van der Waals surface area contributed by atoms with Crippen molar-refractivity contribution in [3.63, 3.8) is 0 Å². The molecule has 0 amide bonds. The highest BCUT2D eigenvalue weighted by Crippen LogP contribution is 2.12. The van der Waals surface area contributed by atoms with E-state index in [1.807, 2.05) is 13.1 Å². The van der Waals surface area contributed by atoms with Gasteiger partial charge in [0, 0.05) is 43.8 Å². The van der Waals surface area contributed by atoms with Crippen LogP contribution in [0.4, 0.5) is 0 Å². The van der Waals surface area contributed by atoms with Gasteiger partial charge in [-0.2, -0.15) is 0 Å². The number of rotatable bonds is 6. The fourth-order valence-electron chi connectivity index (χ4n) is 2.13. The number of ether oxygens (including phenoxy) is 1. The van der Waals surface area contributed by atoms with Crippen molar-refractivity contribution in [2.45, 2.75) is 20.4 Å². The summed E-state index contributed by atoms with van der Waals surface area (Å²) >= 11 is 1.70. The molecule has 1 aliphatic heterocycles. The SMILES string of the molecule is CCNC(=NCc1cnc(C)s1)NCCN1CCOCC1. The normalized spacial score (nSPS) is 17.0.